The van der Waals surface area contributed by atoms with Crippen LogP contribution in [-0.2, 0) is 11.2 Å². The third-order valence-corrected chi connectivity index (χ3v) is 3.92. The smallest absolute Gasteiger partial charge is 0.246 e. The van der Waals surface area contributed by atoms with Crippen LogP contribution in [-0.4, -0.2) is 38.4 Å². The summed E-state index contributed by atoms with van der Waals surface area (Å²) >= 11 is 1.51. The monoisotopic (exact) mass is 349 g/mol. The molecular weight excluding hydrogens is 330 g/mol. The van der Waals surface area contributed by atoms with Crippen LogP contribution >= 0.6 is 11.3 Å². The number of nitrogens with zero attached hydrogens (tertiary/aromatic N) is 2. The van der Waals surface area contributed by atoms with Crippen LogP contribution < -0.4 is 19.6 Å². The minimum absolute atomic E-state index is 0.191. The predicted octanol–water partition coefficient (Wildman–Crippen LogP) is 2.17. The molecular formula is C16H19N3O4S. The van der Waals surface area contributed by atoms with E-state index in [4.69, 9.17) is 14.2 Å². The lowest BCUT2D eigenvalue weighted by Gasteiger charge is -2.12. The summed E-state index contributed by atoms with van der Waals surface area (Å²) in [6.45, 7) is 1.90. The van der Waals surface area contributed by atoms with E-state index < -0.39 is 0 Å². The van der Waals surface area contributed by atoms with E-state index in [1.165, 1.54) is 38.9 Å². The minimum atomic E-state index is -0.232. The molecule has 24 heavy (non-hydrogen) atoms. The van der Waals surface area contributed by atoms with E-state index in [2.05, 4.69) is 15.5 Å². The maximum Gasteiger partial charge on any atom is 0.246 e. The lowest BCUT2D eigenvalue weighted by Crippen LogP contribution is -2.19. The number of methoxy groups -OCH3 is 3. The van der Waals surface area contributed by atoms with E-state index in [-0.39, 0.29) is 12.3 Å². The van der Waals surface area contributed by atoms with Gasteiger partial charge in [0.05, 0.1) is 44.7 Å². The van der Waals surface area contributed by atoms with E-state index in [1.54, 1.807) is 12.1 Å². The number of rotatable bonds is 7. The lowest BCUT2D eigenvalue weighted by molar-refractivity contribution is -0.120. The van der Waals surface area contributed by atoms with Crippen molar-refractivity contribution in [3.8, 4) is 17.2 Å². The van der Waals surface area contributed by atoms with Gasteiger partial charge in [-0.3, -0.25) is 4.79 Å². The Morgan fingerprint density at radius 1 is 1.25 bits per heavy atom. The number of hydrazone groups is 1. The fraction of sp³-hybridized carbons (Fsp3) is 0.312. The lowest BCUT2D eigenvalue weighted by atomic mass is 10.2. The highest BCUT2D eigenvalue weighted by Gasteiger charge is 2.12. The Morgan fingerprint density at radius 3 is 2.42 bits per heavy atom. The second kappa shape index (κ2) is 8.30. The molecule has 0 aliphatic rings. The third-order valence-electron chi connectivity index (χ3n) is 3.10. The van der Waals surface area contributed by atoms with Gasteiger partial charge in [-0.2, -0.15) is 5.10 Å². The molecule has 0 radical (unpaired) electrons. The summed E-state index contributed by atoms with van der Waals surface area (Å²) in [5, 5.41) is 6.74. The van der Waals surface area contributed by atoms with Crippen LogP contribution in [0.1, 0.15) is 16.3 Å². The number of aryl methyl sites for hydroxylation is 1. The van der Waals surface area contributed by atoms with Gasteiger partial charge < -0.3 is 14.2 Å². The molecule has 0 fully saturated rings. The van der Waals surface area contributed by atoms with Gasteiger partial charge in [0.1, 0.15) is 0 Å². The van der Waals surface area contributed by atoms with Crippen molar-refractivity contribution >= 4 is 23.5 Å². The molecule has 7 nitrogen and oxygen atoms in total. The summed E-state index contributed by atoms with van der Waals surface area (Å²) in [6.07, 6.45) is 1.70. The van der Waals surface area contributed by atoms with Crippen LogP contribution in [0.3, 0.4) is 0 Å². The van der Waals surface area contributed by atoms with E-state index in [1.807, 2.05) is 12.3 Å². The molecule has 0 unspecified atom stereocenters. The Balaban J connectivity index is 2.04. The first-order valence-electron chi connectivity index (χ1n) is 7.10. The fourth-order valence-electron chi connectivity index (χ4n) is 2.05. The minimum Gasteiger partial charge on any atom is -0.493 e. The zero-order chi connectivity index (χ0) is 17.5. The molecule has 1 aromatic heterocycles. The number of hydrogen-bond donors (Lipinski definition) is 1. The Bertz CT molecular complexity index is 718. The molecule has 0 saturated heterocycles. The van der Waals surface area contributed by atoms with Crippen molar-refractivity contribution in [1.29, 1.82) is 0 Å². The quantitative estimate of drug-likeness (QED) is 0.612. The van der Waals surface area contributed by atoms with Crippen LogP contribution in [0.2, 0.25) is 0 Å². The first kappa shape index (κ1) is 17.7. The number of ether oxygens (including phenoxy) is 3. The van der Waals surface area contributed by atoms with Crippen LogP contribution in [0.4, 0.5) is 0 Å². The van der Waals surface area contributed by atoms with E-state index >= 15 is 0 Å². The standard InChI is InChI=1S/C16H19N3O4S/c1-10-18-12(9-24-10)7-15(20)19-17-8-11-5-13(21-2)16(23-4)14(6-11)22-3/h5-6,8-9H,7H2,1-4H3,(H,19,20)/b17-8-. The largest absolute Gasteiger partial charge is 0.493 e. The van der Waals surface area contributed by atoms with Gasteiger partial charge in [0.15, 0.2) is 11.5 Å². The summed E-state index contributed by atoms with van der Waals surface area (Å²) in [7, 11) is 4.61. The van der Waals surface area contributed by atoms with Crippen molar-refractivity contribution in [3.63, 3.8) is 0 Å². The summed E-state index contributed by atoms with van der Waals surface area (Å²) in [5.74, 6) is 1.30. The maximum atomic E-state index is 11.8. The number of carbonyl (C=O) groups excluding carboxylic acids is 1. The van der Waals surface area contributed by atoms with E-state index in [9.17, 15) is 4.79 Å². The van der Waals surface area contributed by atoms with Crippen molar-refractivity contribution in [2.45, 2.75) is 13.3 Å². The number of aromatic nitrogens is 1. The predicted molar refractivity (Wildman–Crippen MR) is 92.4 cm³/mol. The first-order valence-corrected chi connectivity index (χ1v) is 7.98. The van der Waals surface area contributed by atoms with Gasteiger partial charge in [0, 0.05) is 10.9 Å². The number of amides is 1. The Kier molecular flexibility index (Phi) is 6.14. The molecule has 0 atom stereocenters. The highest BCUT2D eigenvalue weighted by molar-refractivity contribution is 7.09. The number of nitrogens with one attached hydrogen (secondary N) is 1. The van der Waals surface area contributed by atoms with Crippen LogP contribution in [0.5, 0.6) is 17.2 Å². The summed E-state index contributed by atoms with van der Waals surface area (Å²) < 4.78 is 15.8. The third kappa shape index (κ3) is 4.45. The Labute approximate surface area is 144 Å². The van der Waals surface area contributed by atoms with Gasteiger partial charge in [-0.25, -0.2) is 10.4 Å². The molecule has 1 aromatic carbocycles. The molecule has 0 spiro atoms. The molecule has 2 rings (SSSR count). The molecule has 1 N–H and O–H groups in total. The molecule has 0 aliphatic carbocycles. The topological polar surface area (TPSA) is 82.0 Å². The van der Waals surface area contributed by atoms with Gasteiger partial charge in [-0.15, -0.1) is 11.3 Å². The second-order valence-electron chi connectivity index (χ2n) is 4.79. The van der Waals surface area contributed by atoms with Gasteiger partial charge in [0.25, 0.3) is 0 Å². The number of benzene rings is 1. The van der Waals surface area contributed by atoms with Gasteiger partial charge in [0.2, 0.25) is 11.7 Å². The van der Waals surface area contributed by atoms with Crippen molar-refractivity contribution in [3.05, 3.63) is 33.8 Å². The first-order chi connectivity index (χ1) is 11.6. The van der Waals surface area contributed by atoms with E-state index in [0.717, 1.165) is 10.7 Å². The molecule has 2 aromatic rings. The molecule has 0 saturated carbocycles. The number of thiazole rings is 1. The van der Waals surface area contributed by atoms with Crippen LogP contribution in [0.15, 0.2) is 22.6 Å². The summed E-state index contributed by atoms with van der Waals surface area (Å²) in [4.78, 5) is 16.1. The van der Waals surface area contributed by atoms with Crippen LogP contribution in [0, 0.1) is 6.92 Å². The van der Waals surface area contributed by atoms with Crippen molar-refractivity contribution in [1.82, 2.24) is 10.4 Å². The zero-order valence-corrected chi connectivity index (χ0v) is 14.8. The maximum absolute atomic E-state index is 11.8. The Hall–Kier alpha value is -2.61. The summed E-state index contributed by atoms with van der Waals surface area (Å²) in [5.41, 5.74) is 3.91. The zero-order valence-electron chi connectivity index (χ0n) is 14.0. The average molecular weight is 349 g/mol. The molecule has 1 amide bonds. The van der Waals surface area contributed by atoms with Gasteiger partial charge in [-0.05, 0) is 19.1 Å². The SMILES string of the molecule is COc1cc(/C=N\NC(=O)Cc2csc(C)n2)cc(OC)c1OC. The molecule has 128 valence electrons. The normalized spacial score (nSPS) is 10.7. The van der Waals surface area contributed by atoms with Crippen molar-refractivity contribution in [2.24, 2.45) is 5.10 Å². The van der Waals surface area contributed by atoms with E-state index in [0.29, 0.717) is 22.8 Å². The van der Waals surface area contributed by atoms with Gasteiger partial charge in [-0.1, -0.05) is 0 Å². The highest BCUT2D eigenvalue weighted by atomic mass is 32.1. The highest BCUT2D eigenvalue weighted by Crippen LogP contribution is 2.37. The second-order valence-corrected chi connectivity index (χ2v) is 5.85. The Morgan fingerprint density at radius 2 is 1.92 bits per heavy atom. The van der Waals surface area contributed by atoms with Crippen LogP contribution in [0.25, 0.3) is 0 Å². The molecule has 1 heterocycles. The molecule has 0 bridgehead atoms. The molecule has 0 aliphatic heterocycles. The summed E-state index contributed by atoms with van der Waals surface area (Å²) in [6, 6.07) is 3.47. The van der Waals surface area contributed by atoms with Crippen molar-refractivity contribution in [2.75, 3.05) is 21.3 Å². The van der Waals surface area contributed by atoms with Gasteiger partial charge >= 0.3 is 0 Å². The molecule has 8 heteroatoms. The number of hydrogen-bond acceptors (Lipinski definition) is 7. The van der Waals surface area contributed by atoms with Crippen molar-refractivity contribution < 1.29 is 19.0 Å². The fourth-order valence-corrected chi connectivity index (χ4v) is 2.66. The number of carbonyl (C=O) groups is 1. The average Bonchev–Trinajstić information content (AvgIpc) is 2.98.